The standard InChI is InChI=1S/C12H19N3O/c1-8-6-9(2)14-11(13-8)15-10(16)7-12(3,4)5/h6H,7H2,1-5H3,(H,13,14,15,16). The number of aryl methyl sites for hydroxylation is 2. The summed E-state index contributed by atoms with van der Waals surface area (Å²) in [5.74, 6) is 0.351. The smallest absolute Gasteiger partial charge is 0.229 e. The molecule has 0 saturated carbocycles. The van der Waals surface area contributed by atoms with Gasteiger partial charge < -0.3 is 0 Å². The Morgan fingerprint density at radius 2 is 1.75 bits per heavy atom. The van der Waals surface area contributed by atoms with Crippen LogP contribution in [0.3, 0.4) is 0 Å². The van der Waals surface area contributed by atoms with Crippen LogP contribution in [0.25, 0.3) is 0 Å². The normalized spacial score (nSPS) is 11.3. The Morgan fingerprint density at radius 1 is 1.25 bits per heavy atom. The van der Waals surface area contributed by atoms with Crippen molar-refractivity contribution in [2.45, 2.75) is 41.0 Å². The highest BCUT2D eigenvalue weighted by molar-refractivity contribution is 5.89. The molecule has 4 nitrogen and oxygen atoms in total. The summed E-state index contributed by atoms with van der Waals surface area (Å²) < 4.78 is 0. The molecule has 1 aromatic rings. The van der Waals surface area contributed by atoms with Gasteiger partial charge in [-0.3, -0.25) is 10.1 Å². The van der Waals surface area contributed by atoms with E-state index in [0.29, 0.717) is 12.4 Å². The summed E-state index contributed by atoms with van der Waals surface area (Å²) in [6.07, 6.45) is 0.462. The Labute approximate surface area is 96.5 Å². The second kappa shape index (κ2) is 4.60. The Bertz CT molecular complexity index is 373. The molecule has 0 spiro atoms. The first-order chi connectivity index (χ1) is 7.26. The molecular formula is C12H19N3O. The third kappa shape index (κ3) is 4.38. The summed E-state index contributed by atoms with van der Waals surface area (Å²) in [6.45, 7) is 9.83. The van der Waals surface area contributed by atoms with Gasteiger partial charge in [0, 0.05) is 17.8 Å². The molecule has 0 radical (unpaired) electrons. The van der Waals surface area contributed by atoms with E-state index in [2.05, 4.69) is 15.3 Å². The van der Waals surface area contributed by atoms with Crippen LogP contribution in [0.1, 0.15) is 38.6 Å². The van der Waals surface area contributed by atoms with Crippen molar-refractivity contribution in [1.82, 2.24) is 9.97 Å². The molecule has 1 amide bonds. The topological polar surface area (TPSA) is 54.9 Å². The van der Waals surface area contributed by atoms with E-state index in [0.717, 1.165) is 11.4 Å². The SMILES string of the molecule is Cc1cc(C)nc(NC(=O)CC(C)(C)C)n1. The summed E-state index contributed by atoms with van der Waals surface area (Å²) >= 11 is 0. The summed E-state index contributed by atoms with van der Waals surface area (Å²) in [6, 6.07) is 1.87. The van der Waals surface area contributed by atoms with Crippen LogP contribution in [0.5, 0.6) is 0 Å². The Kier molecular flexibility index (Phi) is 3.62. The predicted molar refractivity (Wildman–Crippen MR) is 64.2 cm³/mol. The molecule has 4 heteroatoms. The van der Waals surface area contributed by atoms with Gasteiger partial charge in [-0.15, -0.1) is 0 Å². The second-order valence-corrected chi connectivity index (χ2v) is 5.26. The number of aromatic nitrogens is 2. The van der Waals surface area contributed by atoms with Crippen LogP contribution in [0.15, 0.2) is 6.07 Å². The van der Waals surface area contributed by atoms with E-state index in [4.69, 9.17) is 0 Å². The fraction of sp³-hybridized carbons (Fsp3) is 0.583. The maximum absolute atomic E-state index is 11.7. The predicted octanol–water partition coefficient (Wildman–Crippen LogP) is 2.47. The largest absolute Gasteiger partial charge is 0.294 e. The second-order valence-electron chi connectivity index (χ2n) is 5.26. The average Bonchev–Trinajstić information content (AvgIpc) is 1.96. The number of hydrogen-bond donors (Lipinski definition) is 1. The van der Waals surface area contributed by atoms with E-state index in [1.165, 1.54) is 0 Å². The first kappa shape index (κ1) is 12.6. The quantitative estimate of drug-likeness (QED) is 0.834. The van der Waals surface area contributed by atoms with Gasteiger partial charge >= 0.3 is 0 Å². The number of carbonyl (C=O) groups excluding carboxylic acids is 1. The van der Waals surface area contributed by atoms with Crippen molar-refractivity contribution in [1.29, 1.82) is 0 Å². The maximum Gasteiger partial charge on any atom is 0.229 e. The van der Waals surface area contributed by atoms with Crippen LogP contribution in [0.4, 0.5) is 5.95 Å². The molecule has 0 unspecified atom stereocenters. The molecule has 0 saturated heterocycles. The molecule has 0 bridgehead atoms. The number of hydrogen-bond acceptors (Lipinski definition) is 3. The van der Waals surface area contributed by atoms with Crippen molar-refractivity contribution >= 4 is 11.9 Å². The fourth-order valence-corrected chi connectivity index (χ4v) is 1.43. The third-order valence-corrected chi connectivity index (χ3v) is 1.92. The number of carbonyl (C=O) groups is 1. The Morgan fingerprint density at radius 3 is 2.19 bits per heavy atom. The average molecular weight is 221 g/mol. The highest BCUT2D eigenvalue weighted by atomic mass is 16.1. The van der Waals surface area contributed by atoms with Crippen LogP contribution in [-0.2, 0) is 4.79 Å². The van der Waals surface area contributed by atoms with Gasteiger partial charge in [-0.1, -0.05) is 20.8 Å². The first-order valence-corrected chi connectivity index (χ1v) is 5.38. The molecule has 0 aromatic carbocycles. The van der Waals surface area contributed by atoms with Gasteiger partial charge in [-0.25, -0.2) is 9.97 Å². The van der Waals surface area contributed by atoms with Crippen LogP contribution in [0.2, 0.25) is 0 Å². The zero-order valence-corrected chi connectivity index (χ0v) is 10.6. The molecule has 0 aliphatic heterocycles. The van der Waals surface area contributed by atoms with Gasteiger partial charge in [0.1, 0.15) is 0 Å². The number of rotatable bonds is 2. The van der Waals surface area contributed by atoms with Crippen molar-refractivity contribution in [3.8, 4) is 0 Å². The van der Waals surface area contributed by atoms with Gasteiger partial charge in [0.05, 0.1) is 0 Å². The van der Waals surface area contributed by atoms with Crippen molar-refractivity contribution in [3.05, 3.63) is 17.5 Å². The van der Waals surface area contributed by atoms with Crippen LogP contribution < -0.4 is 5.32 Å². The molecule has 1 N–H and O–H groups in total. The van der Waals surface area contributed by atoms with Gasteiger partial charge in [0.25, 0.3) is 0 Å². The molecule has 0 fully saturated rings. The zero-order valence-electron chi connectivity index (χ0n) is 10.6. The Balaban J connectivity index is 2.70. The van der Waals surface area contributed by atoms with E-state index in [9.17, 15) is 4.79 Å². The van der Waals surface area contributed by atoms with Crippen molar-refractivity contribution < 1.29 is 4.79 Å². The number of amides is 1. The van der Waals surface area contributed by atoms with Crippen LogP contribution >= 0.6 is 0 Å². The highest BCUT2D eigenvalue weighted by Gasteiger charge is 2.16. The van der Waals surface area contributed by atoms with E-state index in [-0.39, 0.29) is 11.3 Å². The summed E-state index contributed by atoms with van der Waals surface area (Å²) in [5, 5.41) is 2.72. The van der Waals surface area contributed by atoms with Gasteiger partial charge in [0.2, 0.25) is 11.9 Å². The fourth-order valence-electron chi connectivity index (χ4n) is 1.43. The lowest BCUT2D eigenvalue weighted by Gasteiger charge is -2.16. The van der Waals surface area contributed by atoms with Crippen molar-refractivity contribution in [3.63, 3.8) is 0 Å². The molecule has 0 aliphatic rings. The summed E-state index contributed by atoms with van der Waals surface area (Å²) in [5.41, 5.74) is 1.69. The maximum atomic E-state index is 11.7. The molecule has 88 valence electrons. The van der Waals surface area contributed by atoms with Gasteiger partial charge in [-0.05, 0) is 25.3 Å². The molecule has 1 rings (SSSR count). The molecule has 0 aliphatic carbocycles. The van der Waals surface area contributed by atoms with E-state index in [1.807, 2.05) is 40.7 Å². The Hall–Kier alpha value is -1.45. The molecule has 1 heterocycles. The van der Waals surface area contributed by atoms with Crippen LogP contribution in [-0.4, -0.2) is 15.9 Å². The molecule has 16 heavy (non-hydrogen) atoms. The van der Waals surface area contributed by atoms with Gasteiger partial charge in [0.15, 0.2) is 0 Å². The number of anilines is 1. The zero-order chi connectivity index (χ0) is 12.3. The molecule has 1 aromatic heterocycles. The number of nitrogens with zero attached hydrogens (tertiary/aromatic N) is 2. The van der Waals surface area contributed by atoms with Crippen molar-refractivity contribution in [2.75, 3.05) is 5.32 Å². The minimum atomic E-state index is -0.0440. The summed E-state index contributed by atoms with van der Waals surface area (Å²) in [7, 11) is 0. The molecule has 0 atom stereocenters. The lowest BCUT2D eigenvalue weighted by atomic mass is 9.92. The highest BCUT2D eigenvalue weighted by Crippen LogP contribution is 2.18. The third-order valence-electron chi connectivity index (χ3n) is 1.92. The van der Waals surface area contributed by atoms with Crippen LogP contribution in [0, 0.1) is 19.3 Å². The van der Waals surface area contributed by atoms with Crippen molar-refractivity contribution in [2.24, 2.45) is 5.41 Å². The molecular weight excluding hydrogens is 202 g/mol. The van der Waals surface area contributed by atoms with Gasteiger partial charge in [-0.2, -0.15) is 0 Å². The summed E-state index contributed by atoms with van der Waals surface area (Å²) in [4.78, 5) is 20.0. The first-order valence-electron chi connectivity index (χ1n) is 5.38. The lowest BCUT2D eigenvalue weighted by molar-refractivity contribution is -0.117. The minimum absolute atomic E-state index is 0.0248. The van der Waals surface area contributed by atoms with E-state index in [1.54, 1.807) is 0 Å². The number of nitrogens with one attached hydrogen (secondary N) is 1. The van der Waals surface area contributed by atoms with E-state index >= 15 is 0 Å². The minimum Gasteiger partial charge on any atom is -0.294 e. The lowest BCUT2D eigenvalue weighted by Crippen LogP contribution is -2.21. The monoisotopic (exact) mass is 221 g/mol. The van der Waals surface area contributed by atoms with E-state index < -0.39 is 0 Å².